The molecule has 3 rings (SSSR count). The molecule has 2 heterocycles. The summed E-state index contributed by atoms with van der Waals surface area (Å²) in [5.74, 6) is 3.93. The van der Waals surface area contributed by atoms with E-state index in [1.54, 1.807) is 0 Å². The van der Waals surface area contributed by atoms with Crippen LogP contribution in [0.25, 0.3) is 11.6 Å². The molecule has 0 unspecified atom stereocenters. The van der Waals surface area contributed by atoms with Gasteiger partial charge in [0.25, 0.3) is 0 Å². The Hall–Kier alpha value is -1.84. The number of rotatable bonds is 5. The number of aromatic nitrogens is 2. The quantitative estimate of drug-likeness (QED) is 0.885. The summed E-state index contributed by atoms with van der Waals surface area (Å²) in [4.78, 5) is 9.37. The SMILES string of the molecule is CCNc1cc(C2CCCC2)nc(-c2ccc(CC)o2)n1. The molecule has 0 saturated heterocycles. The molecule has 4 nitrogen and oxygen atoms in total. The highest BCUT2D eigenvalue weighted by Crippen LogP contribution is 2.34. The molecule has 4 heteroatoms. The number of aryl methyl sites for hydroxylation is 1. The van der Waals surface area contributed by atoms with Crippen LogP contribution >= 0.6 is 0 Å². The van der Waals surface area contributed by atoms with Crippen LogP contribution < -0.4 is 5.32 Å². The van der Waals surface area contributed by atoms with Crippen molar-refractivity contribution >= 4 is 5.82 Å². The molecule has 1 N–H and O–H groups in total. The zero-order valence-electron chi connectivity index (χ0n) is 12.9. The summed E-state index contributed by atoms with van der Waals surface area (Å²) in [7, 11) is 0. The van der Waals surface area contributed by atoms with Crippen LogP contribution in [0, 0.1) is 0 Å². The van der Waals surface area contributed by atoms with Gasteiger partial charge in [-0.25, -0.2) is 9.97 Å². The zero-order chi connectivity index (χ0) is 14.7. The van der Waals surface area contributed by atoms with Crippen LogP contribution in [-0.4, -0.2) is 16.5 Å². The van der Waals surface area contributed by atoms with Crippen molar-refractivity contribution in [1.29, 1.82) is 0 Å². The molecule has 1 aliphatic carbocycles. The summed E-state index contributed by atoms with van der Waals surface area (Å²) in [6.45, 7) is 5.03. The van der Waals surface area contributed by atoms with Gasteiger partial charge in [-0.1, -0.05) is 19.8 Å². The van der Waals surface area contributed by atoms with Crippen molar-refractivity contribution in [3.8, 4) is 11.6 Å². The Labute approximate surface area is 126 Å². The normalized spacial score (nSPS) is 15.5. The second-order valence-corrected chi connectivity index (χ2v) is 5.63. The summed E-state index contributed by atoms with van der Waals surface area (Å²) in [6.07, 6.45) is 5.98. The molecule has 1 saturated carbocycles. The van der Waals surface area contributed by atoms with E-state index in [0.29, 0.717) is 11.7 Å². The number of nitrogens with zero attached hydrogens (tertiary/aromatic N) is 2. The first kappa shape index (κ1) is 14.1. The van der Waals surface area contributed by atoms with E-state index >= 15 is 0 Å². The third-order valence-corrected chi connectivity index (χ3v) is 4.11. The maximum absolute atomic E-state index is 5.82. The van der Waals surface area contributed by atoms with E-state index in [-0.39, 0.29) is 0 Å². The fraction of sp³-hybridized carbons (Fsp3) is 0.529. The molecule has 2 aromatic rings. The summed E-state index contributed by atoms with van der Waals surface area (Å²) >= 11 is 0. The molecule has 112 valence electrons. The van der Waals surface area contributed by atoms with Gasteiger partial charge < -0.3 is 9.73 Å². The maximum Gasteiger partial charge on any atom is 0.197 e. The van der Waals surface area contributed by atoms with E-state index < -0.39 is 0 Å². The predicted octanol–water partition coefficient (Wildman–Crippen LogP) is 4.39. The van der Waals surface area contributed by atoms with E-state index in [0.717, 1.165) is 36.0 Å². The topological polar surface area (TPSA) is 51.0 Å². The van der Waals surface area contributed by atoms with Gasteiger partial charge in [-0.3, -0.25) is 0 Å². The van der Waals surface area contributed by atoms with E-state index in [4.69, 9.17) is 9.40 Å². The van der Waals surface area contributed by atoms with Crippen LogP contribution in [0.2, 0.25) is 0 Å². The molecule has 0 bridgehead atoms. The highest BCUT2D eigenvalue weighted by atomic mass is 16.3. The molecule has 0 aliphatic heterocycles. The monoisotopic (exact) mass is 285 g/mol. The first-order valence-corrected chi connectivity index (χ1v) is 8.02. The zero-order valence-corrected chi connectivity index (χ0v) is 12.9. The Morgan fingerprint density at radius 2 is 2.00 bits per heavy atom. The number of hydrogen-bond donors (Lipinski definition) is 1. The highest BCUT2D eigenvalue weighted by Gasteiger charge is 2.21. The third-order valence-electron chi connectivity index (χ3n) is 4.11. The van der Waals surface area contributed by atoms with Crippen molar-refractivity contribution in [2.24, 2.45) is 0 Å². The molecule has 0 aromatic carbocycles. The van der Waals surface area contributed by atoms with Crippen molar-refractivity contribution in [3.05, 3.63) is 29.7 Å². The number of nitrogens with one attached hydrogen (secondary N) is 1. The number of furan rings is 1. The largest absolute Gasteiger partial charge is 0.458 e. The first-order chi connectivity index (χ1) is 10.3. The standard InChI is InChI=1S/C17H23N3O/c1-3-13-9-10-15(21-13)17-19-14(12-7-5-6-8-12)11-16(20-17)18-4-2/h9-12H,3-8H2,1-2H3,(H,18,19,20). The van der Waals surface area contributed by atoms with Crippen LogP contribution in [0.5, 0.6) is 0 Å². The van der Waals surface area contributed by atoms with Gasteiger partial charge in [-0.15, -0.1) is 0 Å². The van der Waals surface area contributed by atoms with E-state index in [1.807, 2.05) is 12.1 Å². The van der Waals surface area contributed by atoms with Gasteiger partial charge in [0.05, 0.1) is 0 Å². The maximum atomic E-state index is 5.82. The molecular formula is C17H23N3O. The lowest BCUT2D eigenvalue weighted by Gasteiger charge is -2.12. The molecule has 1 fully saturated rings. The van der Waals surface area contributed by atoms with Gasteiger partial charge >= 0.3 is 0 Å². The lowest BCUT2D eigenvalue weighted by atomic mass is 10.0. The lowest BCUT2D eigenvalue weighted by molar-refractivity contribution is 0.525. The number of hydrogen-bond acceptors (Lipinski definition) is 4. The minimum absolute atomic E-state index is 0.574. The summed E-state index contributed by atoms with van der Waals surface area (Å²) in [6, 6.07) is 6.09. The van der Waals surface area contributed by atoms with Crippen LogP contribution in [0.3, 0.4) is 0 Å². The van der Waals surface area contributed by atoms with Gasteiger partial charge in [0.1, 0.15) is 11.6 Å². The van der Waals surface area contributed by atoms with Crippen molar-refractivity contribution in [3.63, 3.8) is 0 Å². The highest BCUT2D eigenvalue weighted by molar-refractivity contribution is 5.52. The van der Waals surface area contributed by atoms with Crippen molar-refractivity contribution in [1.82, 2.24) is 9.97 Å². The Bertz CT molecular complexity index is 600. The van der Waals surface area contributed by atoms with Crippen molar-refractivity contribution < 1.29 is 4.42 Å². The Balaban J connectivity index is 1.97. The van der Waals surface area contributed by atoms with E-state index in [1.165, 1.54) is 25.7 Å². The van der Waals surface area contributed by atoms with Gasteiger partial charge in [-0.05, 0) is 31.9 Å². The average Bonchev–Trinajstić information content (AvgIpc) is 3.19. The van der Waals surface area contributed by atoms with Crippen LogP contribution in [0.1, 0.15) is 56.9 Å². The Morgan fingerprint density at radius 3 is 2.67 bits per heavy atom. The second-order valence-electron chi connectivity index (χ2n) is 5.63. The number of anilines is 1. The average molecular weight is 285 g/mol. The second kappa shape index (κ2) is 6.29. The fourth-order valence-corrected chi connectivity index (χ4v) is 2.97. The smallest absolute Gasteiger partial charge is 0.197 e. The molecule has 0 radical (unpaired) electrons. The third kappa shape index (κ3) is 3.09. The summed E-state index contributed by atoms with van der Waals surface area (Å²) in [5.41, 5.74) is 1.16. The van der Waals surface area contributed by atoms with Crippen molar-refractivity contribution in [2.75, 3.05) is 11.9 Å². The molecule has 2 aromatic heterocycles. The predicted molar refractivity (Wildman–Crippen MR) is 84.5 cm³/mol. The van der Waals surface area contributed by atoms with Gasteiger partial charge in [0.15, 0.2) is 11.6 Å². The van der Waals surface area contributed by atoms with Crippen LogP contribution in [0.15, 0.2) is 22.6 Å². The molecule has 0 amide bonds. The van der Waals surface area contributed by atoms with Crippen LogP contribution in [-0.2, 0) is 6.42 Å². The lowest BCUT2D eigenvalue weighted by Crippen LogP contribution is -2.05. The van der Waals surface area contributed by atoms with Gasteiger partial charge in [-0.2, -0.15) is 0 Å². The Kier molecular flexibility index (Phi) is 4.23. The van der Waals surface area contributed by atoms with E-state index in [9.17, 15) is 0 Å². The van der Waals surface area contributed by atoms with Gasteiger partial charge in [0.2, 0.25) is 0 Å². The molecule has 0 atom stereocenters. The Morgan fingerprint density at radius 1 is 1.19 bits per heavy atom. The molecule has 21 heavy (non-hydrogen) atoms. The molecular weight excluding hydrogens is 262 g/mol. The fourth-order valence-electron chi connectivity index (χ4n) is 2.97. The minimum atomic E-state index is 0.574. The van der Waals surface area contributed by atoms with E-state index in [2.05, 4.69) is 30.2 Å². The summed E-state index contributed by atoms with van der Waals surface area (Å²) in [5, 5.41) is 3.31. The molecule has 1 aliphatic rings. The van der Waals surface area contributed by atoms with Crippen molar-refractivity contribution in [2.45, 2.75) is 51.9 Å². The molecule has 0 spiro atoms. The van der Waals surface area contributed by atoms with Crippen LogP contribution in [0.4, 0.5) is 5.82 Å². The first-order valence-electron chi connectivity index (χ1n) is 8.02. The summed E-state index contributed by atoms with van der Waals surface area (Å²) < 4.78 is 5.82. The minimum Gasteiger partial charge on any atom is -0.458 e. The van der Waals surface area contributed by atoms with Gasteiger partial charge in [0, 0.05) is 30.6 Å².